The van der Waals surface area contributed by atoms with Crippen molar-refractivity contribution in [2.24, 2.45) is 11.7 Å². The van der Waals surface area contributed by atoms with Crippen molar-refractivity contribution in [3.63, 3.8) is 0 Å². The number of carbonyl (C=O) groups is 1. The maximum atomic E-state index is 11.6. The summed E-state index contributed by atoms with van der Waals surface area (Å²) in [6, 6.07) is 5.94. The van der Waals surface area contributed by atoms with E-state index in [4.69, 9.17) is 17.3 Å². The van der Waals surface area contributed by atoms with Crippen molar-refractivity contribution < 1.29 is 4.79 Å². The van der Waals surface area contributed by atoms with E-state index in [2.05, 4.69) is 10.2 Å². The predicted octanol–water partition coefficient (Wildman–Crippen LogP) is 1.76. The molecule has 0 aliphatic carbocycles. The first-order valence-electron chi connectivity index (χ1n) is 6.60. The van der Waals surface area contributed by atoms with Gasteiger partial charge in [-0.05, 0) is 30.5 Å². The van der Waals surface area contributed by atoms with Crippen LogP contribution in [0, 0.1) is 5.92 Å². The highest BCUT2D eigenvalue weighted by Crippen LogP contribution is 2.30. The molecule has 2 rings (SSSR count). The Balaban J connectivity index is 2.03. The molecule has 1 amide bonds. The van der Waals surface area contributed by atoms with Gasteiger partial charge in [-0.1, -0.05) is 17.7 Å². The number of hydrogen-bond acceptors (Lipinski definition) is 3. The molecule has 0 saturated carbocycles. The third kappa shape index (κ3) is 3.19. The van der Waals surface area contributed by atoms with Crippen LogP contribution in [0.1, 0.15) is 18.4 Å². The van der Waals surface area contributed by atoms with E-state index in [0.29, 0.717) is 6.54 Å². The lowest BCUT2D eigenvalue weighted by Gasteiger charge is -2.33. The van der Waals surface area contributed by atoms with Crippen LogP contribution in [0.15, 0.2) is 18.2 Å². The first-order valence-corrected chi connectivity index (χ1v) is 6.98. The number of nitrogens with zero attached hydrogens (tertiary/aromatic N) is 1. The summed E-state index contributed by atoms with van der Waals surface area (Å²) in [5.74, 6) is 0.271. The van der Waals surface area contributed by atoms with E-state index in [1.165, 1.54) is 0 Å². The Morgan fingerprint density at radius 1 is 1.47 bits per heavy atom. The molecule has 0 aromatic heterocycles. The average Bonchev–Trinajstić information content (AvgIpc) is 2.46. The number of benzene rings is 1. The Morgan fingerprint density at radius 3 is 2.68 bits per heavy atom. The van der Waals surface area contributed by atoms with Gasteiger partial charge < -0.3 is 16.0 Å². The Morgan fingerprint density at radius 2 is 2.16 bits per heavy atom. The van der Waals surface area contributed by atoms with Crippen LogP contribution in [0.4, 0.5) is 5.69 Å². The molecule has 1 heterocycles. The molecule has 0 spiro atoms. The van der Waals surface area contributed by atoms with Gasteiger partial charge >= 0.3 is 0 Å². The van der Waals surface area contributed by atoms with Crippen LogP contribution in [0.25, 0.3) is 0 Å². The summed E-state index contributed by atoms with van der Waals surface area (Å²) in [5, 5.41) is 3.46. The Hall–Kier alpha value is -1.26. The first kappa shape index (κ1) is 14.2. The van der Waals surface area contributed by atoms with Gasteiger partial charge in [-0.25, -0.2) is 0 Å². The van der Waals surface area contributed by atoms with Gasteiger partial charge in [0.15, 0.2) is 0 Å². The lowest BCUT2D eigenvalue weighted by Crippen LogP contribution is -2.39. The zero-order valence-corrected chi connectivity index (χ0v) is 11.9. The number of amides is 1. The number of carbonyl (C=O) groups excluding carboxylic acids is 1. The van der Waals surface area contributed by atoms with Crippen molar-refractivity contribution in [3.8, 4) is 0 Å². The maximum Gasteiger partial charge on any atom is 0.222 e. The SMILES string of the molecule is CNC(=O)C1CCN(c2ccc(CN)cc2Cl)CC1. The minimum Gasteiger partial charge on any atom is -0.370 e. The summed E-state index contributed by atoms with van der Waals surface area (Å²) >= 11 is 6.29. The first-order chi connectivity index (χ1) is 9.15. The van der Waals surface area contributed by atoms with E-state index in [1.54, 1.807) is 7.05 Å². The van der Waals surface area contributed by atoms with Crippen LogP contribution >= 0.6 is 11.6 Å². The molecule has 1 aromatic rings. The molecule has 0 atom stereocenters. The number of anilines is 1. The predicted molar refractivity (Wildman–Crippen MR) is 78.3 cm³/mol. The Kier molecular flexibility index (Phi) is 4.66. The lowest BCUT2D eigenvalue weighted by molar-refractivity contribution is -0.125. The molecule has 1 saturated heterocycles. The van der Waals surface area contributed by atoms with E-state index in [-0.39, 0.29) is 11.8 Å². The second-order valence-corrected chi connectivity index (χ2v) is 5.27. The summed E-state index contributed by atoms with van der Waals surface area (Å²) in [4.78, 5) is 13.8. The molecule has 0 unspecified atom stereocenters. The molecule has 4 nitrogen and oxygen atoms in total. The highest BCUT2D eigenvalue weighted by Gasteiger charge is 2.25. The van der Waals surface area contributed by atoms with E-state index < -0.39 is 0 Å². The topological polar surface area (TPSA) is 58.4 Å². The molecule has 1 aliphatic rings. The van der Waals surface area contributed by atoms with Gasteiger partial charge in [0.25, 0.3) is 0 Å². The van der Waals surface area contributed by atoms with Gasteiger partial charge in [0.05, 0.1) is 10.7 Å². The summed E-state index contributed by atoms with van der Waals surface area (Å²) in [6.45, 7) is 2.22. The highest BCUT2D eigenvalue weighted by atomic mass is 35.5. The number of halogens is 1. The quantitative estimate of drug-likeness (QED) is 0.888. The molecular weight excluding hydrogens is 262 g/mol. The molecular formula is C14H20ClN3O. The highest BCUT2D eigenvalue weighted by molar-refractivity contribution is 6.33. The van der Waals surface area contributed by atoms with Gasteiger partial charge in [0.2, 0.25) is 5.91 Å². The summed E-state index contributed by atoms with van der Waals surface area (Å²) in [6.07, 6.45) is 1.74. The molecule has 5 heteroatoms. The number of piperidine rings is 1. The normalized spacial score (nSPS) is 16.5. The van der Waals surface area contributed by atoms with Crippen LogP contribution in [0.3, 0.4) is 0 Å². The van der Waals surface area contributed by atoms with Crippen molar-refractivity contribution in [1.29, 1.82) is 0 Å². The van der Waals surface area contributed by atoms with Gasteiger partial charge in [0, 0.05) is 32.6 Å². The average molecular weight is 282 g/mol. The van der Waals surface area contributed by atoms with Crippen LogP contribution in [0.2, 0.25) is 5.02 Å². The van der Waals surface area contributed by atoms with Gasteiger partial charge in [-0.15, -0.1) is 0 Å². The Bertz CT molecular complexity index is 456. The van der Waals surface area contributed by atoms with E-state index in [0.717, 1.165) is 42.2 Å². The zero-order chi connectivity index (χ0) is 13.8. The van der Waals surface area contributed by atoms with Gasteiger partial charge in [0.1, 0.15) is 0 Å². The number of hydrogen-bond donors (Lipinski definition) is 2. The van der Waals surface area contributed by atoms with Crippen molar-refractivity contribution in [2.45, 2.75) is 19.4 Å². The monoisotopic (exact) mass is 281 g/mol. The molecule has 1 aromatic carbocycles. The summed E-state index contributed by atoms with van der Waals surface area (Å²) < 4.78 is 0. The van der Waals surface area contributed by atoms with Crippen LogP contribution < -0.4 is 16.0 Å². The second kappa shape index (κ2) is 6.26. The largest absolute Gasteiger partial charge is 0.370 e. The fraction of sp³-hybridized carbons (Fsp3) is 0.500. The van der Waals surface area contributed by atoms with E-state index in [9.17, 15) is 4.79 Å². The third-order valence-electron chi connectivity index (χ3n) is 3.70. The zero-order valence-electron chi connectivity index (χ0n) is 11.2. The fourth-order valence-corrected chi connectivity index (χ4v) is 2.84. The van der Waals surface area contributed by atoms with Crippen LogP contribution in [-0.4, -0.2) is 26.0 Å². The van der Waals surface area contributed by atoms with Crippen LogP contribution in [-0.2, 0) is 11.3 Å². The van der Waals surface area contributed by atoms with Gasteiger partial charge in [-0.3, -0.25) is 4.79 Å². The number of nitrogens with one attached hydrogen (secondary N) is 1. The molecule has 19 heavy (non-hydrogen) atoms. The van der Waals surface area contributed by atoms with Crippen molar-refractivity contribution in [1.82, 2.24) is 5.32 Å². The second-order valence-electron chi connectivity index (χ2n) is 4.87. The minimum atomic E-state index is 0.128. The molecule has 3 N–H and O–H groups in total. The molecule has 1 fully saturated rings. The molecule has 104 valence electrons. The van der Waals surface area contributed by atoms with Crippen molar-refractivity contribution in [2.75, 3.05) is 25.0 Å². The summed E-state index contributed by atoms with van der Waals surface area (Å²) in [7, 11) is 1.69. The molecule has 0 radical (unpaired) electrons. The van der Waals surface area contributed by atoms with Crippen molar-refractivity contribution >= 4 is 23.2 Å². The smallest absolute Gasteiger partial charge is 0.222 e. The standard InChI is InChI=1S/C14H20ClN3O/c1-17-14(19)11-4-6-18(7-5-11)13-3-2-10(9-16)8-12(13)15/h2-3,8,11H,4-7,9,16H2,1H3,(H,17,19). The Labute approximate surface area is 118 Å². The number of rotatable bonds is 3. The van der Waals surface area contributed by atoms with E-state index >= 15 is 0 Å². The fourth-order valence-electron chi connectivity index (χ4n) is 2.52. The van der Waals surface area contributed by atoms with Gasteiger partial charge in [-0.2, -0.15) is 0 Å². The lowest BCUT2D eigenvalue weighted by atomic mass is 9.95. The number of nitrogens with two attached hydrogens (primary N) is 1. The van der Waals surface area contributed by atoms with Crippen molar-refractivity contribution in [3.05, 3.63) is 28.8 Å². The minimum absolute atomic E-state index is 0.128. The third-order valence-corrected chi connectivity index (χ3v) is 4.00. The maximum absolute atomic E-state index is 11.6. The molecule has 1 aliphatic heterocycles. The molecule has 0 bridgehead atoms. The van der Waals surface area contributed by atoms with Crippen LogP contribution in [0.5, 0.6) is 0 Å². The summed E-state index contributed by atoms with van der Waals surface area (Å²) in [5.41, 5.74) is 7.67. The van der Waals surface area contributed by atoms with E-state index in [1.807, 2.05) is 18.2 Å².